The van der Waals surface area contributed by atoms with Gasteiger partial charge in [0.15, 0.2) is 0 Å². The van der Waals surface area contributed by atoms with Crippen LogP contribution in [-0.4, -0.2) is 58.8 Å². The number of hydrogen-bond donors (Lipinski definition) is 4. The van der Waals surface area contributed by atoms with Gasteiger partial charge in [-0.05, 0) is 25.7 Å². The Hall–Kier alpha value is -0.625. The molecule has 92 valence electrons. The van der Waals surface area contributed by atoms with E-state index in [0.29, 0.717) is 19.4 Å². The standard InChI is InChI=1S/C9H19BN2O4/c1-12-5-7(2-3-10(15)16)4-9(11,6-12)8(13)14/h7,15-16H,2-6,11H2,1H3,(H,13,14). The molecular weight excluding hydrogens is 211 g/mol. The molecule has 1 fully saturated rings. The fourth-order valence-corrected chi connectivity index (χ4v) is 2.36. The van der Waals surface area contributed by atoms with E-state index in [2.05, 4.69) is 0 Å². The lowest BCUT2D eigenvalue weighted by Crippen LogP contribution is -2.60. The second-order valence-electron chi connectivity index (χ2n) is 4.79. The van der Waals surface area contributed by atoms with Crippen LogP contribution in [0, 0.1) is 5.92 Å². The van der Waals surface area contributed by atoms with Gasteiger partial charge in [0.25, 0.3) is 0 Å². The first-order chi connectivity index (χ1) is 7.33. The zero-order valence-electron chi connectivity index (χ0n) is 9.46. The normalized spacial score (nSPS) is 31.4. The number of nitrogens with zero attached hydrogens (tertiary/aromatic N) is 1. The molecule has 1 aliphatic heterocycles. The van der Waals surface area contributed by atoms with E-state index in [-0.39, 0.29) is 12.2 Å². The summed E-state index contributed by atoms with van der Waals surface area (Å²) < 4.78 is 0. The number of hydrogen-bond acceptors (Lipinski definition) is 5. The van der Waals surface area contributed by atoms with Crippen molar-refractivity contribution in [3.05, 3.63) is 0 Å². The van der Waals surface area contributed by atoms with E-state index in [1.54, 1.807) is 0 Å². The minimum absolute atomic E-state index is 0.0987. The maximum absolute atomic E-state index is 11.1. The van der Waals surface area contributed by atoms with Crippen molar-refractivity contribution in [3.63, 3.8) is 0 Å². The number of rotatable bonds is 4. The topological polar surface area (TPSA) is 107 Å². The summed E-state index contributed by atoms with van der Waals surface area (Å²) in [6.45, 7) is 1.08. The smallest absolute Gasteiger partial charge is 0.451 e. The molecule has 1 aliphatic rings. The van der Waals surface area contributed by atoms with Gasteiger partial charge in [0, 0.05) is 13.1 Å². The Labute approximate surface area is 95.2 Å². The van der Waals surface area contributed by atoms with Gasteiger partial charge in [0.1, 0.15) is 5.54 Å². The molecule has 0 amide bonds. The van der Waals surface area contributed by atoms with Crippen LogP contribution in [-0.2, 0) is 4.79 Å². The van der Waals surface area contributed by atoms with Gasteiger partial charge in [-0.3, -0.25) is 4.79 Å². The summed E-state index contributed by atoms with van der Waals surface area (Å²) in [5, 5.41) is 26.6. The Kier molecular flexibility index (Phi) is 4.31. The predicted molar refractivity (Wildman–Crippen MR) is 59.8 cm³/mol. The highest BCUT2D eigenvalue weighted by Gasteiger charge is 2.41. The summed E-state index contributed by atoms with van der Waals surface area (Å²) >= 11 is 0. The van der Waals surface area contributed by atoms with Crippen LogP contribution in [0.4, 0.5) is 0 Å². The number of aliphatic carboxylic acids is 1. The Bertz CT molecular complexity index is 264. The predicted octanol–water partition coefficient (Wildman–Crippen LogP) is -1.42. The summed E-state index contributed by atoms with van der Waals surface area (Å²) in [4.78, 5) is 12.9. The van der Waals surface area contributed by atoms with Crippen molar-refractivity contribution in [1.29, 1.82) is 0 Å². The largest absolute Gasteiger partial charge is 0.480 e. The lowest BCUT2D eigenvalue weighted by atomic mass is 9.75. The Balaban J connectivity index is 2.57. The van der Waals surface area contributed by atoms with Crippen LogP contribution in [0.15, 0.2) is 0 Å². The second kappa shape index (κ2) is 5.14. The van der Waals surface area contributed by atoms with Crippen molar-refractivity contribution in [1.82, 2.24) is 4.90 Å². The number of nitrogens with two attached hydrogens (primary N) is 1. The van der Waals surface area contributed by atoms with E-state index < -0.39 is 18.6 Å². The highest BCUT2D eigenvalue weighted by molar-refractivity contribution is 6.40. The summed E-state index contributed by atoms with van der Waals surface area (Å²) in [6, 6.07) is 0. The summed E-state index contributed by atoms with van der Waals surface area (Å²) in [5.41, 5.74) is 4.61. The van der Waals surface area contributed by atoms with Crippen molar-refractivity contribution in [3.8, 4) is 0 Å². The first kappa shape index (κ1) is 13.4. The number of piperidine rings is 1. The minimum Gasteiger partial charge on any atom is -0.480 e. The highest BCUT2D eigenvalue weighted by Crippen LogP contribution is 2.26. The van der Waals surface area contributed by atoms with Crippen LogP contribution in [0.1, 0.15) is 12.8 Å². The summed E-state index contributed by atoms with van der Waals surface area (Å²) in [7, 11) is 0.496. The molecule has 7 heteroatoms. The van der Waals surface area contributed by atoms with Crippen LogP contribution in [0.2, 0.25) is 6.32 Å². The number of likely N-dealkylation sites (N-methyl/N-ethyl adjacent to an activating group) is 1. The molecular formula is C9H19BN2O4. The zero-order chi connectivity index (χ0) is 12.3. The maximum atomic E-state index is 11.1. The highest BCUT2D eigenvalue weighted by atomic mass is 16.4. The minimum atomic E-state index is -1.33. The molecule has 0 spiro atoms. The van der Waals surface area contributed by atoms with E-state index in [9.17, 15) is 4.79 Å². The van der Waals surface area contributed by atoms with Gasteiger partial charge in [-0.25, -0.2) is 0 Å². The average molecular weight is 230 g/mol. The number of carboxylic acids is 1. The average Bonchev–Trinajstić information content (AvgIpc) is 2.13. The van der Waals surface area contributed by atoms with Gasteiger partial charge >= 0.3 is 13.1 Å². The molecule has 16 heavy (non-hydrogen) atoms. The summed E-state index contributed by atoms with van der Waals surface area (Å²) in [6.07, 6.45) is 1.22. The van der Waals surface area contributed by atoms with E-state index >= 15 is 0 Å². The van der Waals surface area contributed by atoms with Gasteiger partial charge < -0.3 is 25.8 Å². The molecule has 1 saturated heterocycles. The third-order valence-electron chi connectivity index (χ3n) is 3.03. The Morgan fingerprint density at radius 2 is 2.25 bits per heavy atom. The molecule has 0 bridgehead atoms. The van der Waals surface area contributed by atoms with Gasteiger partial charge in [0.2, 0.25) is 0 Å². The monoisotopic (exact) mass is 230 g/mol. The van der Waals surface area contributed by atoms with Crippen LogP contribution in [0.5, 0.6) is 0 Å². The third-order valence-corrected chi connectivity index (χ3v) is 3.03. The van der Waals surface area contributed by atoms with E-state index in [1.807, 2.05) is 11.9 Å². The van der Waals surface area contributed by atoms with E-state index in [0.717, 1.165) is 6.54 Å². The molecule has 1 heterocycles. The summed E-state index contributed by atoms with van der Waals surface area (Å²) in [5.74, 6) is -0.893. The molecule has 0 saturated carbocycles. The first-order valence-corrected chi connectivity index (χ1v) is 5.40. The quantitative estimate of drug-likeness (QED) is 0.442. The molecule has 0 aromatic rings. The van der Waals surface area contributed by atoms with Crippen LogP contribution >= 0.6 is 0 Å². The molecule has 0 aromatic heterocycles. The molecule has 1 rings (SSSR count). The van der Waals surface area contributed by atoms with Crippen LogP contribution in [0.25, 0.3) is 0 Å². The Morgan fingerprint density at radius 1 is 1.62 bits per heavy atom. The molecule has 2 unspecified atom stereocenters. The van der Waals surface area contributed by atoms with Gasteiger partial charge in [0.05, 0.1) is 0 Å². The van der Waals surface area contributed by atoms with Gasteiger partial charge in [-0.15, -0.1) is 0 Å². The first-order valence-electron chi connectivity index (χ1n) is 5.40. The van der Waals surface area contributed by atoms with Crippen molar-refractivity contribution < 1.29 is 19.9 Å². The molecule has 2 atom stereocenters. The van der Waals surface area contributed by atoms with E-state index in [4.69, 9.17) is 20.9 Å². The molecule has 0 radical (unpaired) electrons. The molecule has 6 nitrogen and oxygen atoms in total. The van der Waals surface area contributed by atoms with Crippen molar-refractivity contribution in [2.45, 2.75) is 24.7 Å². The number of likely N-dealkylation sites (tertiary alicyclic amines) is 1. The molecule has 0 aromatic carbocycles. The maximum Gasteiger partial charge on any atom is 0.451 e. The van der Waals surface area contributed by atoms with Crippen molar-refractivity contribution in [2.75, 3.05) is 20.1 Å². The van der Waals surface area contributed by atoms with E-state index in [1.165, 1.54) is 0 Å². The molecule has 0 aliphatic carbocycles. The molecule has 5 N–H and O–H groups in total. The number of carboxylic acid groups (broad SMARTS) is 1. The lowest BCUT2D eigenvalue weighted by Gasteiger charge is -2.40. The van der Waals surface area contributed by atoms with Crippen LogP contribution in [0.3, 0.4) is 0 Å². The van der Waals surface area contributed by atoms with Crippen LogP contribution < -0.4 is 5.73 Å². The second-order valence-corrected chi connectivity index (χ2v) is 4.79. The fourth-order valence-electron chi connectivity index (χ4n) is 2.36. The van der Waals surface area contributed by atoms with Gasteiger partial charge in [-0.1, -0.05) is 6.42 Å². The Morgan fingerprint density at radius 3 is 2.75 bits per heavy atom. The number of carbonyl (C=O) groups is 1. The zero-order valence-corrected chi connectivity index (χ0v) is 9.46. The van der Waals surface area contributed by atoms with Gasteiger partial charge in [-0.2, -0.15) is 0 Å². The third kappa shape index (κ3) is 3.45. The van der Waals surface area contributed by atoms with Crippen molar-refractivity contribution in [2.24, 2.45) is 11.7 Å². The SMILES string of the molecule is CN1CC(CCB(O)O)CC(N)(C(=O)O)C1. The van der Waals surface area contributed by atoms with Crippen molar-refractivity contribution >= 4 is 13.1 Å². The lowest BCUT2D eigenvalue weighted by molar-refractivity contribution is -0.146. The fraction of sp³-hybridized carbons (Fsp3) is 0.889.